The van der Waals surface area contributed by atoms with Gasteiger partial charge in [0.1, 0.15) is 0 Å². The Labute approximate surface area is 494 Å². The molecule has 0 aliphatic carbocycles. The van der Waals surface area contributed by atoms with Crippen molar-refractivity contribution in [2.24, 2.45) is 0 Å². The summed E-state index contributed by atoms with van der Waals surface area (Å²) in [5.41, 5.74) is 0. The molecule has 0 fully saturated rings. The van der Waals surface area contributed by atoms with Crippen LogP contribution in [0.15, 0.2) is 24.3 Å². The Kier molecular flexibility index (Phi) is 67.4. The average molecular weight is 1110 g/mol. The molecule has 3 N–H and O–H groups in total. The van der Waals surface area contributed by atoms with Gasteiger partial charge in [0.15, 0.2) is 0 Å². The highest BCUT2D eigenvalue weighted by atomic mass is 16.5. The summed E-state index contributed by atoms with van der Waals surface area (Å²) in [6.07, 6.45) is 86.6. The minimum Gasteiger partial charge on any atom is -0.466 e. The van der Waals surface area contributed by atoms with Crippen LogP contribution in [0.25, 0.3) is 0 Å². The zero-order valence-electron chi connectivity index (χ0n) is 53.6. The first kappa shape index (κ1) is 77.3. The fourth-order valence-corrected chi connectivity index (χ4v) is 11.5. The van der Waals surface area contributed by atoms with Gasteiger partial charge in [-0.25, -0.2) is 0 Å². The van der Waals surface area contributed by atoms with Crippen LogP contribution in [0, 0.1) is 0 Å². The highest BCUT2D eigenvalue weighted by Crippen LogP contribution is 2.19. The number of aliphatic hydroxyl groups is 2. The summed E-state index contributed by atoms with van der Waals surface area (Å²) in [6, 6.07) is -0.544. The zero-order chi connectivity index (χ0) is 57.1. The zero-order valence-corrected chi connectivity index (χ0v) is 53.6. The van der Waals surface area contributed by atoms with Gasteiger partial charge >= 0.3 is 5.97 Å². The number of carbonyl (C=O) groups excluding carboxylic acids is 2. The van der Waals surface area contributed by atoms with Crippen LogP contribution in [-0.4, -0.2) is 47.4 Å². The molecule has 0 rings (SSSR count). The fraction of sp³-hybridized carbons (Fsp3) is 0.918. The van der Waals surface area contributed by atoms with E-state index in [0.29, 0.717) is 25.9 Å². The van der Waals surface area contributed by atoms with Crippen molar-refractivity contribution >= 4 is 11.9 Å². The number of amides is 1. The predicted molar refractivity (Wildman–Crippen MR) is 347 cm³/mol. The normalized spacial score (nSPS) is 12.6. The molecule has 0 bridgehead atoms. The van der Waals surface area contributed by atoms with Crippen LogP contribution in [0.3, 0.4) is 0 Å². The molecule has 0 aliphatic rings. The molecule has 0 saturated carbocycles. The molecular formula is C73H141NO5. The summed E-state index contributed by atoms with van der Waals surface area (Å²) in [7, 11) is 0. The van der Waals surface area contributed by atoms with Gasteiger partial charge in [0.05, 0.1) is 25.4 Å². The lowest BCUT2D eigenvalue weighted by Gasteiger charge is -2.22. The molecule has 2 atom stereocenters. The third-order valence-electron chi connectivity index (χ3n) is 17.0. The van der Waals surface area contributed by atoms with Crippen LogP contribution in [-0.2, 0) is 14.3 Å². The van der Waals surface area contributed by atoms with E-state index in [1.807, 2.05) is 0 Å². The van der Waals surface area contributed by atoms with E-state index < -0.39 is 12.1 Å². The average Bonchev–Trinajstić information content (AvgIpc) is 3.45. The van der Waals surface area contributed by atoms with Gasteiger partial charge in [0.2, 0.25) is 5.91 Å². The standard InChI is InChI=1S/C73H141NO5/c1-3-5-7-9-11-13-15-17-19-21-34-37-41-45-49-53-57-61-65-71(76)70(69-75)74-72(77)66-62-58-54-50-46-42-38-35-31-29-27-25-23-22-24-26-28-30-32-36-40-44-48-52-56-60-64-68-79-73(78)67-63-59-55-51-47-43-39-33-20-18-16-14-12-10-8-6-4-2/h22-23,26,28,70-71,75-76H,3-21,24-25,27,29-69H2,1-2H3,(H,74,77)/b23-22-,28-26-. The lowest BCUT2D eigenvalue weighted by molar-refractivity contribution is -0.143. The third kappa shape index (κ3) is 65.4. The van der Waals surface area contributed by atoms with Crippen molar-refractivity contribution in [3.63, 3.8) is 0 Å². The maximum Gasteiger partial charge on any atom is 0.305 e. The van der Waals surface area contributed by atoms with E-state index in [1.165, 1.54) is 327 Å². The minimum atomic E-state index is -0.667. The van der Waals surface area contributed by atoms with Crippen molar-refractivity contribution in [3.05, 3.63) is 24.3 Å². The number of ether oxygens (including phenoxy) is 1. The Morgan fingerprint density at radius 1 is 0.354 bits per heavy atom. The third-order valence-corrected chi connectivity index (χ3v) is 17.0. The van der Waals surface area contributed by atoms with Crippen LogP contribution >= 0.6 is 0 Å². The molecule has 1 amide bonds. The lowest BCUT2D eigenvalue weighted by atomic mass is 10.0. The van der Waals surface area contributed by atoms with E-state index in [0.717, 1.165) is 44.9 Å². The van der Waals surface area contributed by atoms with Crippen LogP contribution in [0.4, 0.5) is 0 Å². The molecule has 0 radical (unpaired) electrons. The number of unbranched alkanes of at least 4 members (excludes halogenated alkanes) is 53. The first-order valence-corrected chi connectivity index (χ1v) is 36.1. The molecular weight excluding hydrogens is 971 g/mol. The predicted octanol–water partition coefficient (Wildman–Crippen LogP) is 23.3. The van der Waals surface area contributed by atoms with Crippen molar-refractivity contribution in [1.82, 2.24) is 5.32 Å². The number of aliphatic hydroxyl groups excluding tert-OH is 2. The number of nitrogens with one attached hydrogen (secondary N) is 1. The van der Waals surface area contributed by atoms with E-state index in [1.54, 1.807) is 0 Å². The van der Waals surface area contributed by atoms with E-state index in [9.17, 15) is 19.8 Å². The molecule has 6 heteroatoms. The maximum absolute atomic E-state index is 12.5. The summed E-state index contributed by atoms with van der Waals surface area (Å²) in [5, 5.41) is 23.4. The molecule has 0 saturated heterocycles. The van der Waals surface area contributed by atoms with Gasteiger partial charge in [-0.15, -0.1) is 0 Å². The number of hydrogen-bond donors (Lipinski definition) is 3. The number of carbonyl (C=O) groups is 2. The van der Waals surface area contributed by atoms with E-state index >= 15 is 0 Å². The summed E-state index contributed by atoms with van der Waals surface area (Å²) in [4.78, 5) is 24.6. The van der Waals surface area contributed by atoms with Crippen molar-refractivity contribution in [1.29, 1.82) is 0 Å². The van der Waals surface area contributed by atoms with Crippen molar-refractivity contribution < 1.29 is 24.5 Å². The van der Waals surface area contributed by atoms with E-state index in [-0.39, 0.29) is 18.5 Å². The summed E-state index contributed by atoms with van der Waals surface area (Å²) >= 11 is 0. The summed E-state index contributed by atoms with van der Waals surface area (Å²) < 4.78 is 5.50. The van der Waals surface area contributed by atoms with Crippen molar-refractivity contribution in [2.75, 3.05) is 13.2 Å². The molecule has 0 aromatic carbocycles. The van der Waals surface area contributed by atoms with Gasteiger partial charge in [-0.3, -0.25) is 9.59 Å². The Morgan fingerprint density at radius 2 is 0.633 bits per heavy atom. The Bertz CT molecular complexity index is 1230. The molecule has 6 nitrogen and oxygen atoms in total. The second kappa shape index (κ2) is 68.8. The molecule has 468 valence electrons. The molecule has 0 spiro atoms. The van der Waals surface area contributed by atoms with Gasteiger partial charge in [-0.2, -0.15) is 0 Å². The van der Waals surface area contributed by atoms with Gasteiger partial charge in [-0.05, 0) is 57.8 Å². The number of rotatable bonds is 68. The Balaban J connectivity index is 3.40. The molecule has 0 aromatic rings. The maximum atomic E-state index is 12.5. The SMILES string of the molecule is CCCCCCCCCCCCCCCCCCCCC(O)C(CO)NC(=O)CCCCCCCCCCCCC/C=C\C/C=C\CCCCCCCCCCCOC(=O)CCCCCCCCCCCCCCCCCCC. The Hall–Kier alpha value is -1.66. The smallest absolute Gasteiger partial charge is 0.305 e. The van der Waals surface area contributed by atoms with E-state index in [2.05, 4.69) is 43.5 Å². The molecule has 2 unspecified atom stereocenters. The van der Waals surface area contributed by atoms with Crippen LogP contribution in [0.1, 0.15) is 406 Å². The van der Waals surface area contributed by atoms with E-state index in [4.69, 9.17) is 4.74 Å². The fourth-order valence-electron chi connectivity index (χ4n) is 11.5. The first-order chi connectivity index (χ1) is 39.0. The second-order valence-electron chi connectivity index (χ2n) is 24.9. The van der Waals surface area contributed by atoms with Gasteiger partial charge in [0.25, 0.3) is 0 Å². The van der Waals surface area contributed by atoms with Gasteiger partial charge in [0, 0.05) is 12.8 Å². The summed E-state index contributed by atoms with van der Waals surface area (Å²) in [6.45, 7) is 4.99. The molecule has 0 aliphatic heterocycles. The Morgan fingerprint density at radius 3 is 0.962 bits per heavy atom. The lowest BCUT2D eigenvalue weighted by Crippen LogP contribution is -2.45. The van der Waals surface area contributed by atoms with Gasteiger partial charge < -0.3 is 20.3 Å². The molecule has 0 heterocycles. The molecule has 0 aromatic heterocycles. The number of allylic oxidation sites excluding steroid dienone is 4. The quantitative estimate of drug-likeness (QED) is 0.0320. The van der Waals surface area contributed by atoms with Crippen LogP contribution in [0.5, 0.6) is 0 Å². The number of hydrogen-bond acceptors (Lipinski definition) is 5. The highest BCUT2D eigenvalue weighted by Gasteiger charge is 2.20. The first-order valence-electron chi connectivity index (χ1n) is 36.1. The van der Waals surface area contributed by atoms with Crippen molar-refractivity contribution in [2.45, 2.75) is 418 Å². The highest BCUT2D eigenvalue weighted by molar-refractivity contribution is 5.76. The second-order valence-corrected chi connectivity index (χ2v) is 24.9. The largest absolute Gasteiger partial charge is 0.466 e. The monoisotopic (exact) mass is 1110 g/mol. The topological polar surface area (TPSA) is 95.9 Å². The summed E-state index contributed by atoms with van der Waals surface area (Å²) in [5.74, 6) is -0.0189. The minimum absolute atomic E-state index is 0.0155. The number of esters is 1. The van der Waals surface area contributed by atoms with Crippen molar-refractivity contribution in [3.8, 4) is 0 Å². The van der Waals surface area contributed by atoms with Crippen LogP contribution < -0.4 is 5.32 Å². The van der Waals surface area contributed by atoms with Gasteiger partial charge in [-0.1, -0.05) is 359 Å². The molecule has 79 heavy (non-hydrogen) atoms. The van der Waals surface area contributed by atoms with Crippen LogP contribution in [0.2, 0.25) is 0 Å².